The number of imidazole rings is 1. The normalized spacial score (nSPS) is 10.6. The van der Waals surface area contributed by atoms with Crippen LogP contribution in [0.15, 0.2) is 31.1 Å². The van der Waals surface area contributed by atoms with Crippen LogP contribution in [0, 0.1) is 0 Å². The Labute approximate surface area is 98.4 Å². The van der Waals surface area contributed by atoms with E-state index in [4.69, 9.17) is 11.6 Å². The minimum Gasteiger partial charge on any atom is -0.327 e. The van der Waals surface area contributed by atoms with Crippen LogP contribution in [0.4, 0.5) is 0 Å². The molecule has 0 atom stereocenters. The molecule has 16 heavy (non-hydrogen) atoms. The Balaban J connectivity index is 2.68. The average Bonchev–Trinajstić information content (AvgIpc) is 2.60. The number of ketones is 1. The van der Waals surface area contributed by atoms with Crippen molar-refractivity contribution in [3.05, 3.63) is 41.7 Å². The van der Waals surface area contributed by atoms with E-state index < -0.39 is 0 Å². The highest BCUT2D eigenvalue weighted by atomic mass is 35.5. The van der Waals surface area contributed by atoms with Gasteiger partial charge in [0.25, 0.3) is 0 Å². The molecule has 0 spiro atoms. The van der Waals surface area contributed by atoms with Gasteiger partial charge in [0.2, 0.25) is 0 Å². The number of hydrogen-bond acceptors (Lipinski definition) is 2. The first-order valence-electron chi connectivity index (χ1n) is 4.89. The van der Waals surface area contributed by atoms with Crippen LogP contribution in [-0.2, 0) is 6.54 Å². The molecule has 0 aliphatic carbocycles. The predicted octanol–water partition coefficient (Wildman–Crippen LogP) is 3.08. The van der Waals surface area contributed by atoms with Crippen LogP contribution in [-0.4, -0.2) is 15.3 Å². The molecule has 0 bridgehead atoms. The summed E-state index contributed by atoms with van der Waals surface area (Å²) in [4.78, 5) is 15.6. The molecule has 2 aromatic rings. The maximum atomic E-state index is 11.4. The molecule has 1 heterocycles. The van der Waals surface area contributed by atoms with Crippen molar-refractivity contribution >= 4 is 28.4 Å². The third-order valence-corrected chi connectivity index (χ3v) is 2.73. The third-order valence-electron chi connectivity index (χ3n) is 2.41. The SMILES string of the molecule is C=CCn1cnc2cc(Cl)c(C(C)=O)cc21. The molecule has 4 heteroatoms. The van der Waals surface area contributed by atoms with E-state index in [-0.39, 0.29) is 5.78 Å². The molecule has 0 unspecified atom stereocenters. The summed E-state index contributed by atoms with van der Waals surface area (Å²) >= 11 is 5.99. The molecule has 82 valence electrons. The molecule has 3 nitrogen and oxygen atoms in total. The highest BCUT2D eigenvalue weighted by Crippen LogP contribution is 2.23. The first-order valence-corrected chi connectivity index (χ1v) is 5.27. The van der Waals surface area contributed by atoms with Crippen molar-refractivity contribution in [3.63, 3.8) is 0 Å². The van der Waals surface area contributed by atoms with Gasteiger partial charge < -0.3 is 4.57 Å². The predicted molar refractivity (Wildman–Crippen MR) is 64.9 cm³/mol. The zero-order valence-corrected chi connectivity index (χ0v) is 9.66. The van der Waals surface area contributed by atoms with Crippen molar-refractivity contribution < 1.29 is 4.79 Å². The molecular formula is C12H11ClN2O. The quantitative estimate of drug-likeness (QED) is 0.604. The van der Waals surface area contributed by atoms with Gasteiger partial charge in [-0.1, -0.05) is 17.7 Å². The van der Waals surface area contributed by atoms with Gasteiger partial charge in [0.15, 0.2) is 5.78 Å². The maximum Gasteiger partial charge on any atom is 0.161 e. The van der Waals surface area contributed by atoms with E-state index in [1.807, 2.05) is 4.57 Å². The van der Waals surface area contributed by atoms with Crippen LogP contribution in [0.2, 0.25) is 5.02 Å². The van der Waals surface area contributed by atoms with Crippen LogP contribution < -0.4 is 0 Å². The minimum atomic E-state index is -0.0433. The lowest BCUT2D eigenvalue weighted by Gasteiger charge is -2.03. The summed E-state index contributed by atoms with van der Waals surface area (Å²) < 4.78 is 1.92. The third kappa shape index (κ3) is 1.74. The maximum absolute atomic E-state index is 11.4. The summed E-state index contributed by atoms with van der Waals surface area (Å²) in [5.74, 6) is -0.0433. The summed E-state index contributed by atoms with van der Waals surface area (Å²) in [6, 6.07) is 3.49. The zero-order valence-electron chi connectivity index (χ0n) is 8.90. The monoisotopic (exact) mass is 234 g/mol. The second-order valence-electron chi connectivity index (χ2n) is 3.56. The van der Waals surface area contributed by atoms with Gasteiger partial charge in [-0.2, -0.15) is 0 Å². The summed E-state index contributed by atoms with van der Waals surface area (Å²) in [5, 5.41) is 0.448. The number of benzene rings is 1. The molecule has 1 aromatic carbocycles. The molecule has 0 aliphatic rings. The van der Waals surface area contributed by atoms with Gasteiger partial charge in [-0.25, -0.2) is 4.98 Å². The van der Waals surface area contributed by atoms with Gasteiger partial charge in [0.05, 0.1) is 22.4 Å². The number of fused-ring (bicyclic) bond motifs is 1. The van der Waals surface area contributed by atoms with E-state index >= 15 is 0 Å². The largest absolute Gasteiger partial charge is 0.327 e. The summed E-state index contributed by atoms with van der Waals surface area (Å²) in [5.41, 5.74) is 2.21. The molecule has 0 amide bonds. The smallest absolute Gasteiger partial charge is 0.161 e. The van der Waals surface area contributed by atoms with Crippen molar-refractivity contribution in [1.82, 2.24) is 9.55 Å². The number of aromatic nitrogens is 2. The number of carbonyl (C=O) groups is 1. The lowest BCUT2D eigenvalue weighted by atomic mass is 10.1. The van der Waals surface area contributed by atoms with E-state index in [2.05, 4.69) is 11.6 Å². The number of rotatable bonds is 3. The first-order chi connectivity index (χ1) is 7.63. The fraction of sp³-hybridized carbons (Fsp3) is 0.167. The Bertz CT molecular complexity index is 572. The Morgan fingerprint density at radius 3 is 3.00 bits per heavy atom. The van der Waals surface area contributed by atoms with Crippen molar-refractivity contribution in [2.75, 3.05) is 0 Å². The Morgan fingerprint density at radius 2 is 2.38 bits per heavy atom. The molecule has 1 aromatic heterocycles. The highest BCUT2D eigenvalue weighted by molar-refractivity contribution is 6.34. The molecule has 0 saturated heterocycles. The number of halogens is 1. The molecule has 0 fully saturated rings. The van der Waals surface area contributed by atoms with E-state index in [9.17, 15) is 4.79 Å². The molecule has 0 saturated carbocycles. The van der Waals surface area contributed by atoms with E-state index in [1.54, 1.807) is 24.5 Å². The summed E-state index contributed by atoms with van der Waals surface area (Å²) in [6.45, 7) is 5.84. The van der Waals surface area contributed by atoms with Crippen molar-refractivity contribution in [3.8, 4) is 0 Å². The average molecular weight is 235 g/mol. The van der Waals surface area contributed by atoms with Crippen molar-refractivity contribution in [1.29, 1.82) is 0 Å². The van der Waals surface area contributed by atoms with E-state index in [0.717, 1.165) is 11.0 Å². The van der Waals surface area contributed by atoms with Gasteiger partial charge in [-0.3, -0.25) is 4.79 Å². The molecular weight excluding hydrogens is 224 g/mol. The molecule has 0 radical (unpaired) electrons. The standard InChI is InChI=1S/C12H11ClN2O/c1-3-4-15-7-14-11-6-10(13)9(8(2)16)5-12(11)15/h3,5-7H,1,4H2,2H3. The molecule has 0 N–H and O–H groups in total. The number of nitrogens with zero attached hydrogens (tertiary/aromatic N) is 2. The van der Waals surface area contributed by atoms with E-state index in [1.165, 1.54) is 6.92 Å². The summed E-state index contributed by atoms with van der Waals surface area (Å²) in [7, 11) is 0. The van der Waals surface area contributed by atoms with Gasteiger partial charge in [0, 0.05) is 12.1 Å². The number of hydrogen-bond donors (Lipinski definition) is 0. The molecule has 2 rings (SSSR count). The van der Waals surface area contributed by atoms with Crippen LogP contribution in [0.1, 0.15) is 17.3 Å². The van der Waals surface area contributed by atoms with Crippen LogP contribution in [0.5, 0.6) is 0 Å². The second-order valence-corrected chi connectivity index (χ2v) is 3.97. The lowest BCUT2D eigenvalue weighted by Crippen LogP contribution is -1.96. The van der Waals surface area contributed by atoms with Crippen molar-refractivity contribution in [2.45, 2.75) is 13.5 Å². The lowest BCUT2D eigenvalue weighted by molar-refractivity contribution is 0.101. The Hall–Kier alpha value is -1.61. The topological polar surface area (TPSA) is 34.9 Å². The van der Waals surface area contributed by atoms with Gasteiger partial charge in [-0.05, 0) is 19.1 Å². The number of Topliss-reactive ketones (excluding diaryl/α,β-unsaturated/α-hetero) is 1. The van der Waals surface area contributed by atoms with Crippen LogP contribution >= 0.6 is 11.6 Å². The van der Waals surface area contributed by atoms with Gasteiger partial charge in [-0.15, -0.1) is 6.58 Å². The first kappa shape index (κ1) is 10.9. The number of allylic oxidation sites excluding steroid dienone is 1. The second kappa shape index (κ2) is 4.10. The zero-order chi connectivity index (χ0) is 11.7. The van der Waals surface area contributed by atoms with Gasteiger partial charge in [0.1, 0.15) is 0 Å². The highest BCUT2D eigenvalue weighted by Gasteiger charge is 2.10. The molecule has 0 aliphatic heterocycles. The fourth-order valence-electron chi connectivity index (χ4n) is 1.63. The Morgan fingerprint density at radius 1 is 1.62 bits per heavy atom. The number of carbonyl (C=O) groups excluding carboxylic acids is 1. The fourth-order valence-corrected chi connectivity index (χ4v) is 1.92. The van der Waals surface area contributed by atoms with Crippen LogP contribution in [0.3, 0.4) is 0 Å². The summed E-state index contributed by atoms with van der Waals surface area (Å²) in [6.07, 6.45) is 3.50. The Kier molecular flexibility index (Phi) is 2.79. The minimum absolute atomic E-state index is 0.0433. The van der Waals surface area contributed by atoms with Gasteiger partial charge >= 0.3 is 0 Å². The van der Waals surface area contributed by atoms with Crippen LogP contribution in [0.25, 0.3) is 11.0 Å². The van der Waals surface area contributed by atoms with Crippen molar-refractivity contribution in [2.24, 2.45) is 0 Å². The van der Waals surface area contributed by atoms with E-state index in [0.29, 0.717) is 17.1 Å².